The molecule has 0 radical (unpaired) electrons. The first-order valence-corrected chi connectivity index (χ1v) is 13.1. The minimum absolute atomic E-state index is 0.00109. The molecule has 1 aliphatic heterocycles. The molecule has 196 valence electrons. The fourth-order valence-electron chi connectivity index (χ4n) is 4.90. The lowest BCUT2D eigenvalue weighted by Crippen LogP contribution is -2.39. The summed E-state index contributed by atoms with van der Waals surface area (Å²) < 4.78 is 5.88. The summed E-state index contributed by atoms with van der Waals surface area (Å²) in [6.45, 7) is 1.71. The first-order chi connectivity index (χ1) is 18.5. The zero-order valence-corrected chi connectivity index (χ0v) is 21.6. The van der Waals surface area contributed by atoms with Crippen LogP contribution < -0.4 is 15.4 Å². The number of hydrogen-bond donors (Lipinski definition) is 2. The van der Waals surface area contributed by atoms with Gasteiger partial charge in [-0.15, -0.1) is 0 Å². The van der Waals surface area contributed by atoms with Crippen molar-refractivity contribution in [1.82, 2.24) is 20.1 Å². The monoisotopic (exact) mass is 511 g/mol. The normalized spacial score (nSPS) is 18.7. The van der Waals surface area contributed by atoms with E-state index < -0.39 is 0 Å². The van der Waals surface area contributed by atoms with Crippen LogP contribution in [0.25, 0.3) is 0 Å². The number of aromatic nitrogens is 1. The Morgan fingerprint density at radius 2 is 1.92 bits per heavy atom. The van der Waals surface area contributed by atoms with E-state index in [4.69, 9.17) is 4.74 Å². The van der Waals surface area contributed by atoms with Gasteiger partial charge in [-0.2, -0.15) is 0 Å². The van der Waals surface area contributed by atoms with Gasteiger partial charge >= 0.3 is 6.03 Å². The van der Waals surface area contributed by atoms with Crippen LogP contribution in [0.15, 0.2) is 96.3 Å². The molecule has 2 N–H and O–H groups in total. The Labute approximate surface area is 223 Å². The molecule has 8 heteroatoms. The highest BCUT2D eigenvalue weighted by molar-refractivity contribution is 5.94. The number of carbonyl (C=O) groups excluding carboxylic acids is 2. The number of anilines is 1. The highest BCUT2D eigenvalue weighted by Gasteiger charge is 2.30. The van der Waals surface area contributed by atoms with Gasteiger partial charge in [0, 0.05) is 56.0 Å². The molecule has 2 aliphatic carbocycles. The second kappa shape index (κ2) is 11.8. The molecule has 1 aromatic heterocycles. The minimum atomic E-state index is -0.265. The number of benzene rings is 1. The molecule has 3 amide bonds. The maximum Gasteiger partial charge on any atom is 0.323 e. The lowest BCUT2D eigenvalue weighted by atomic mass is 10.1. The molecule has 8 nitrogen and oxygen atoms in total. The summed E-state index contributed by atoms with van der Waals surface area (Å²) in [5.74, 6) is 1.69. The number of amides is 3. The molecular formula is C30H33N5O3. The number of nitrogens with zero attached hydrogens (tertiary/aromatic N) is 3. The highest BCUT2D eigenvalue weighted by atomic mass is 16.5. The average molecular weight is 512 g/mol. The Bertz CT molecular complexity index is 1280. The van der Waals surface area contributed by atoms with E-state index in [0.29, 0.717) is 11.3 Å². The van der Waals surface area contributed by atoms with Crippen LogP contribution >= 0.6 is 0 Å². The number of likely N-dealkylation sites (tertiary alicyclic amines) is 1. The zero-order valence-electron chi connectivity index (χ0n) is 21.6. The second-order valence-electron chi connectivity index (χ2n) is 9.70. The van der Waals surface area contributed by atoms with Crippen molar-refractivity contribution in [3.63, 3.8) is 0 Å². The summed E-state index contributed by atoms with van der Waals surface area (Å²) in [4.78, 5) is 33.5. The molecule has 0 bridgehead atoms. The van der Waals surface area contributed by atoms with Crippen molar-refractivity contribution in [1.29, 1.82) is 0 Å². The summed E-state index contributed by atoms with van der Waals surface area (Å²) in [6.07, 6.45) is 17.8. The summed E-state index contributed by atoms with van der Waals surface area (Å²) in [7, 11) is 1.87. The Morgan fingerprint density at radius 1 is 1.05 bits per heavy atom. The molecule has 0 saturated carbocycles. The van der Waals surface area contributed by atoms with E-state index in [9.17, 15) is 9.59 Å². The van der Waals surface area contributed by atoms with Crippen LogP contribution in [0.3, 0.4) is 0 Å². The molecule has 3 aliphatic rings. The van der Waals surface area contributed by atoms with E-state index in [0.717, 1.165) is 62.4 Å². The molecule has 1 unspecified atom stereocenters. The first kappa shape index (κ1) is 25.3. The van der Waals surface area contributed by atoms with Crippen LogP contribution in [-0.4, -0.2) is 52.9 Å². The van der Waals surface area contributed by atoms with Gasteiger partial charge in [0.25, 0.3) is 5.91 Å². The van der Waals surface area contributed by atoms with Gasteiger partial charge in [-0.05, 0) is 80.3 Å². The third-order valence-corrected chi connectivity index (χ3v) is 7.08. The maximum atomic E-state index is 12.8. The number of hydrogen-bond acceptors (Lipinski definition) is 5. The van der Waals surface area contributed by atoms with Gasteiger partial charge in [0.15, 0.2) is 0 Å². The first-order valence-electron chi connectivity index (χ1n) is 13.1. The smallest absolute Gasteiger partial charge is 0.323 e. The van der Waals surface area contributed by atoms with E-state index >= 15 is 0 Å². The summed E-state index contributed by atoms with van der Waals surface area (Å²) in [6, 6.07) is 10.9. The predicted molar refractivity (Wildman–Crippen MR) is 147 cm³/mol. The van der Waals surface area contributed by atoms with Crippen molar-refractivity contribution >= 4 is 17.6 Å². The third kappa shape index (κ3) is 6.32. The molecule has 0 spiro atoms. The van der Waals surface area contributed by atoms with Crippen molar-refractivity contribution in [2.45, 2.75) is 38.1 Å². The van der Waals surface area contributed by atoms with Gasteiger partial charge in [0.1, 0.15) is 11.5 Å². The van der Waals surface area contributed by atoms with E-state index in [2.05, 4.69) is 32.7 Å². The SMILES string of the molecule is CN(C(=O)c1cccnc1)C1CCN(C2=CC=C(NC(=O)Nc3ccc(OC4=CC=CCC4)cc3)CC2)C1. The molecular weight excluding hydrogens is 478 g/mol. The lowest BCUT2D eigenvalue weighted by molar-refractivity contribution is 0.0737. The van der Waals surface area contributed by atoms with Crippen LogP contribution in [0.2, 0.25) is 0 Å². The number of rotatable bonds is 7. The predicted octanol–water partition coefficient (Wildman–Crippen LogP) is 5.22. The number of pyridine rings is 1. The lowest BCUT2D eigenvalue weighted by Gasteiger charge is -2.28. The van der Waals surface area contributed by atoms with Crippen LogP contribution in [0, 0.1) is 0 Å². The molecule has 2 heterocycles. The van der Waals surface area contributed by atoms with Crippen molar-refractivity contribution in [3.05, 3.63) is 102 Å². The fourth-order valence-corrected chi connectivity index (χ4v) is 4.90. The maximum absolute atomic E-state index is 12.8. The quantitative estimate of drug-likeness (QED) is 0.532. The highest BCUT2D eigenvalue weighted by Crippen LogP contribution is 2.26. The fraction of sp³-hybridized carbons (Fsp3) is 0.300. The van der Waals surface area contributed by atoms with Gasteiger partial charge in [-0.1, -0.05) is 12.2 Å². The van der Waals surface area contributed by atoms with E-state index in [1.54, 1.807) is 24.5 Å². The summed E-state index contributed by atoms with van der Waals surface area (Å²) >= 11 is 0. The Balaban J connectivity index is 1.10. The summed E-state index contributed by atoms with van der Waals surface area (Å²) in [5, 5.41) is 5.84. The number of nitrogens with one attached hydrogen (secondary N) is 2. The number of urea groups is 1. The Morgan fingerprint density at radius 3 is 2.63 bits per heavy atom. The standard InChI is InChI=1S/C30H33N5O3/c1-34(29(36)22-6-5-18-31-20-22)26-17-19-35(21-26)25-13-9-23(10-14-25)32-30(37)33-24-11-15-28(16-12-24)38-27-7-3-2-4-8-27/h2-3,5-7,9,11-13,15-16,18,20,26H,4,8,10,14,17,19,21H2,1H3,(H2,32,33,37). The number of allylic oxidation sites excluding steroid dienone is 8. The van der Waals surface area contributed by atoms with E-state index in [-0.39, 0.29) is 18.0 Å². The van der Waals surface area contributed by atoms with Crippen LogP contribution in [-0.2, 0) is 0 Å². The Hall–Kier alpha value is -4.33. The minimum Gasteiger partial charge on any atom is -0.462 e. The van der Waals surface area contributed by atoms with Gasteiger partial charge in [0.05, 0.1) is 11.6 Å². The zero-order chi connectivity index (χ0) is 26.3. The molecule has 5 rings (SSSR count). The average Bonchev–Trinajstić information content (AvgIpc) is 3.45. The van der Waals surface area contributed by atoms with Gasteiger partial charge in [0.2, 0.25) is 0 Å². The third-order valence-electron chi connectivity index (χ3n) is 7.08. The molecule has 2 aromatic rings. The van der Waals surface area contributed by atoms with Crippen molar-refractivity contribution in [3.8, 4) is 5.75 Å². The second-order valence-corrected chi connectivity index (χ2v) is 9.70. The van der Waals surface area contributed by atoms with Crippen LogP contribution in [0.1, 0.15) is 42.5 Å². The molecule has 1 saturated heterocycles. The number of carbonyl (C=O) groups is 2. The molecule has 1 atom stereocenters. The molecule has 38 heavy (non-hydrogen) atoms. The number of ether oxygens (including phenoxy) is 1. The molecule has 1 aromatic carbocycles. The van der Waals surface area contributed by atoms with E-state index in [1.807, 2.05) is 54.4 Å². The Kier molecular flexibility index (Phi) is 7.87. The molecule has 1 fully saturated rings. The van der Waals surface area contributed by atoms with Crippen molar-refractivity contribution in [2.24, 2.45) is 0 Å². The number of likely N-dealkylation sites (N-methyl/N-ethyl adjacent to an activating group) is 1. The largest absolute Gasteiger partial charge is 0.462 e. The van der Waals surface area contributed by atoms with Crippen molar-refractivity contribution in [2.75, 3.05) is 25.5 Å². The van der Waals surface area contributed by atoms with E-state index in [1.165, 1.54) is 5.70 Å². The topological polar surface area (TPSA) is 86.8 Å². The van der Waals surface area contributed by atoms with Gasteiger partial charge in [-0.3, -0.25) is 9.78 Å². The van der Waals surface area contributed by atoms with Crippen LogP contribution in [0.4, 0.5) is 10.5 Å². The van der Waals surface area contributed by atoms with Gasteiger partial charge < -0.3 is 25.2 Å². The van der Waals surface area contributed by atoms with Crippen molar-refractivity contribution < 1.29 is 14.3 Å². The van der Waals surface area contributed by atoms with Crippen LogP contribution in [0.5, 0.6) is 5.75 Å². The van der Waals surface area contributed by atoms with Gasteiger partial charge in [-0.25, -0.2) is 4.79 Å². The summed E-state index contributed by atoms with van der Waals surface area (Å²) in [5.41, 5.74) is 3.43.